The number of cyclic esters (lactones) is 1. The van der Waals surface area contributed by atoms with Gasteiger partial charge >= 0.3 is 12.2 Å². The summed E-state index contributed by atoms with van der Waals surface area (Å²) in [6.45, 7) is 5.87. The van der Waals surface area contributed by atoms with Gasteiger partial charge in [0.1, 0.15) is 12.2 Å². The Morgan fingerprint density at radius 2 is 1.84 bits per heavy atom. The number of likely N-dealkylation sites (tertiary alicyclic amines) is 1. The summed E-state index contributed by atoms with van der Waals surface area (Å²) in [4.78, 5) is 39.3. The van der Waals surface area contributed by atoms with E-state index in [1.807, 2.05) is 18.2 Å². The first-order valence-corrected chi connectivity index (χ1v) is 13.2. The largest absolute Gasteiger partial charge is 0.447 e. The highest BCUT2D eigenvalue weighted by molar-refractivity contribution is 9.10. The maximum absolute atomic E-state index is 15.1. The van der Waals surface area contributed by atoms with Crippen LogP contribution in [0.25, 0.3) is 0 Å². The third kappa shape index (κ3) is 7.99. The molecule has 2 aromatic rings. The van der Waals surface area contributed by atoms with Gasteiger partial charge < -0.3 is 14.4 Å². The van der Waals surface area contributed by atoms with E-state index in [4.69, 9.17) is 9.47 Å². The van der Waals surface area contributed by atoms with E-state index in [-0.39, 0.29) is 26.1 Å². The van der Waals surface area contributed by atoms with Crippen molar-refractivity contribution in [3.63, 3.8) is 0 Å². The van der Waals surface area contributed by atoms with Crippen molar-refractivity contribution in [1.29, 1.82) is 0 Å². The Hall–Kier alpha value is -3.01. The lowest BCUT2D eigenvalue weighted by Crippen LogP contribution is -2.45. The van der Waals surface area contributed by atoms with Crippen LogP contribution in [-0.2, 0) is 20.7 Å². The molecule has 0 saturated carbocycles. The Kier molecular flexibility index (Phi) is 9.51. The molecule has 2 atom stereocenters. The number of imide groups is 1. The van der Waals surface area contributed by atoms with Gasteiger partial charge in [0.2, 0.25) is 5.91 Å². The van der Waals surface area contributed by atoms with Crippen molar-refractivity contribution in [2.45, 2.75) is 45.6 Å². The number of amides is 3. The standard InChI is InChI=1S/C21H25BrF2N2O5.C7H8/c1-20(2,3)31-18(28)25-11-16(21(23,24)12-25)15(10-13-5-4-6-14(22)9-13)17(27)26-7-8-30-19(26)29;1-7-5-3-2-4-6-7/h4-6,9,15-16H,7-8,10-12H2,1-3H3;2-6H,1H3. The number of alkyl halides is 2. The van der Waals surface area contributed by atoms with E-state index >= 15 is 8.78 Å². The summed E-state index contributed by atoms with van der Waals surface area (Å²) in [6, 6.07) is 17.3. The Morgan fingerprint density at radius 3 is 2.37 bits per heavy atom. The van der Waals surface area contributed by atoms with Crippen molar-refractivity contribution >= 4 is 34.0 Å². The number of aryl methyl sites for hydroxylation is 1. The molecule has 10 heteroatoms. The Labute approximate surface area is 230 Å². The number of benzene rings is 2. The molecule has 4 rings (SSSR count). The minimum atomic E-state index is -3.33. The second kappa shape index (κ2) is 12.2. The van der Waals surface area contributed by atoms with Crippen LogP contribution < -0.4 is 0 Å². The maximum atomic E-state index is 15.1. The number of ether oxygens (including phenoxy) is 2. The van der Waals surface area contributed by atoms with E-state index < -0.39 is 48.0 Å². The molecule has 2 heterocycles. The van der Waals surface area contributed by atoms with Crippen LogP contribution in [0, 0.1) is 18.8 Å². The van der Waals surface area contributed by atoms with Crippen LogP contribution in [0.3, 0.4) is 0 Å². The molecule has 3 amide bonds. The van der Waals surface area contributed by atoms with Crippen molar-refractivity contribution in [2.24, 2.45) is 11.8 Å². The topological polar surface area (TPSA) is 76.2 Å². The molecule has 0 radical (unpaired) electrons. The van der Waals surface area contributed by atoms with Crippen LogP contribution in [-0.4, -0.2) is 65.7 Å². The molecular formula is C28H33BrF2N2O5. The molecule has 0 N–H and O–H groups in total. The van der Waals surface area contributed by atoms with Gasteiger partial charge in [0.15, 0.2) is 0 Å². The molecule has 2 fully saturated rings. The Balaban J connectivity index is 0.000000494. The maximum Gasteiger partial charge on any atom is 0.416 e. The number of halogens is 3. The van der Waals surface area contributed by atoms with Gasteiger partial charge in [-0.15, -0.1) is 0 Å². The fourth-order valence-corrected chi connectivity index (χ4v) is 4.79. The molecule has 38 heavy (non-hydrogen) atoms. The molecule has 0 spiro atoms. The van der Waals surface area contributed by atoms with Crippen molar-refractivity contribution in [3.8, 4) is 0 Å². The summed E-state index contributed by atoms with van der Waals surface area (Å²) in [6.07, 6.45) is -1.71. The van der Waals surface area contributed by atoms with Crippen LogP contribution in [0.1, 0.15) is 31.9 Å². The minimum Gasteiger partial charge on any atom is -0.447 e. The average molecular weight is 595 g/mol. The van der Waals surface area contributed by atoms with Gasteiger partial charge in [-0.05, 0) is 51.8 Å². The highest BCUT2D eigenvalue weighted by atomic mass is 79.9. The van der Waals surface area contributed by atoms with Gasteiger partial charge in [-0.1, -0.05) is 64.0 Å². The summed E-state index contributed by atoms with van der Waals surface area (Å²) in [5.74, 6) is -6.74. The molecule has 2 aromatic carbocycles. The fourth-order valence-electron chi connectivity index (χ4n) is 4.34. The first-order valence-electron chi connectivity index (χ1n) is 12.4. The van der Waals surface area contributed by atoms with Gasteiger partial charge in [-0.3, -0.25) is 4.79 Å². The smallest absolute Gasteiger partial charge is 0.416 e. The predicted octanol–water partition coefficient (Wildman–Crippen LogP) is 6.08. The lowest BCUT2D eigenvalue weighted by atomic mass is 9.83. The van der Waals surface area contributed by atoms with E-state index in [1.165, 1.54) is 5.56 Å². The SMILES string of the molecule is CC(C)(C)OC(=O)N1CC(C(Cc2cccc(Br)c2)C(=O)N2CCOC2=O)C(F)(F)C1.Cc1ccccc1. The molecule has 7 nitrogen and oxygen atoms in total. The van der Waals surface area contributed by atoms with Crippen LogP contribution in [0.2, 0.25) is 0 Å². The number of hydrogen-bond donors (Lipinski definition) is 0. The van der Waals surface area contributed by atoms with E-state index in [9.17, 15) is 14.4 Å². The summed E-state index contributed by atoms with van der Waals surface area (Å²) in [5, 5.41) is 0. The zero-order chi connectivity index (χ0) is 28.1. The second-order valence-electron chi connectivity index (χ2n) is 10.4. The summed E-state index contributed by atoms with van der Waals surface area (Å²) < 4.78 is 41.0. The number of nitrogens with zero attached hydrogens (tertiary/aromatic N) is 2. The highest BCUT2D eigenvalue weighted by Crippen LogP contribution is 2.41. The minimum absolute atomic E-state index is 0.00946. The van der Waals surface area contributed by atoms with Crippen LogP contribution in [0.5, 0.6) is 0 Å². The molecule has 2 aliphatic heterocycles. The molecular weight excluding hydrogens is 562 g/mol. The molecule has 0 bridgehead atoms. The normalized spacial score (nSPS) is 19.3. The van der Waals surface area contributed by atoms with Crippen LogP contribution in [0.15, 0.2) is 59.1 Å². The predicted molar refractivity (Wildman–Crippen MR) is 142 cm³/mol. The number of rotatable bonds is 4. The molecule has 2 unspecified atom stereocenters. The molecule has 0 aromatic heterocycles. The van der Waals surface area contributed by atoms with Gasteiger partial charge in [0.05, 0.1) is 24.9 Å². The number of carbonyl (C=O) groups excluding carboxylic acids is 3. The molecule has 0 aliphatic carbocycles. The van der Waals surface area contributed by atoms with Crippen molar-refractivity contribution < 1.29 is 32.6 Å². The third-order valence-electron chi connectivity index (χ3n) is 6.13. The Bertz CT molecular complexity index is 1140. The zero-order valence-electron chi connectivity index (χ0n) is 22.0. The summed E-state index contributed by atoms with van der Waals surface area (Å²) in [5.41, 5.74) is 1.14. The average Bonchev–Trinajstić information content (AvgIpc) is 3.39. The zero-order valence-corrected chi connectivity index (χ0v) is 23.5. The van der Waals surface area contributed by atoms with E-state index in [1.54, 1.807) is 45.0 Å². The number of hydrogen-bond acceptors (Lipinski definition) is 5. The Morgan fingerprint density at radius 1 is 1.16 bits per heavy atom. The van der Waals surface area contributed by atoms with Gasteiger partial charge in [0, 0.05) is 11.0 Å². The van der Waals surface area contributed by atoms with Gasteiger partial charge in [0.25, 0.3) is 5.92 Å². The van der Waals surface area contributed by atoms with E-state index in [0.717, 1.165) is 14.3 Å². The lowest BCUT2D eigenvalue weighted by molar-refractivity contribution is -0.139. The molecule has 206 valence electrons. The van der Waals surface area contributed by atoms with E-state index in [2.05, 4.69) is 35.0 Å². The van der Waals surface area contributed by atoms with Gasteiger partial charge in [-0.25, -0.2) is 23.3 Å². The molecule has 2 aliphatic rings. The fraction of sp³-hybridized carbons (Fsp3) is 0.464. The highest BCUT2D eigenvalue weighted by Gasteiger charge is 2.56. The van der Waals surface area contributed by atoms with Gasteiger partial charge in [-0.2, -0.15) is 0 Å². The third-order valence-corrected chi connectivity index (χ3v) is 6.62. The summed E-state index contributed by atoms with van der Waals surface area (Å²) >= 11 is 3.34. The van der Waals surface area contributed by atoms with Crippen LogP contribution in [0.4, 0.5) is 18.4 Å². The first-order chi connectivity index (χ1) is 17.8. The first kappa shape index (κ1) is 29.5. The lowest BCUT2D eigenvalue weighted by Gasteiger charge is -2.28. The quantitative estimate of drug-likeness (QED) is 0.428. The monoisotopic (exact) mass is 594 g/mol. The number of carbonyl (C=O) groups is 3. The van der Waals surface area contributed by atoms with Crippen LogP contribution >= 0.6 is 15.9 Å². The van der Waals surface area contributed by atoms with Crippen molar-refractivity contribution in [1.82, 2.24) is 9.80 Å². The second-order valence-corrected chi connectivity index (χ2v) is 11.3. The van der Waals surface area contributed by atoms with Crippen molar-refractivity contribution in [3.05, 3.63) is 70.2 Å². The van der Waals surface area contributed by atoms with Crippen molar-refractivity contribution in [2.75, 3.05) is 26.2 Å². The summed E-state index contributed by atoms with van der Waals surface area (Å²) in [7, 11) is 0. The van der Waals surface area contributed by atoms with E-state index in [0.29, 0.717) is 5.56 Å². The molecule has 2 saturated heterocycles.